The number of halogens is 1. The molecular formula is C27H26ClN3O2. The van der Waals surface area contributed by atoms with E-state index in [0.717, 1.165) is 44.9 Å². The van der Waals surface area contributed by atoms with Gasteiger partial charge in [0.1, 0.15) is 5.75 Å². The molecule has 1 heterocycles. The van der Waals surface area contributed by atoms with Crippen molar-refractivity contribution in [3.63, 3.8) is 0 Å². The summed E-state index contributed by atoms with van der Waals surface area (Å²) in [6.45, 7) is 5.46. The summed E-state index contributed by atoms with van der Waals surface area (Å²) >= 11 is 6.18. The van der Waals surface area contributed by atoms with Gasteiger partial charge in [0.2, 0.25) is 0 Å². The van der Waals surface area contributed by atoms with Crippen molar-refractivity contribution in [2.45, 2.75) is 26.8 Å². The van der Waals surface area contributed by atoms with E-state index in [9.17, 15) is 4.79 Å². The molecule has 33 heavy (non-hydrogen) atoms. The SMILES string of the molecule is CCCOc1ccc(C(=O)N/N=C\c2c(C)n(Cc3cccc(Cl)c3)c3ccccc23)cc1. The molecule has 0 spiro atoms. The highest BCUT2D eigenvalue weighted by Crippen LogP contribution is 2.26. The van der Waals surface area contributed by atoms with E-state index in [4.69, 9.17) is 16.3 Å². The maximum Gasteiger partial charge on any atom is 0.271 e. The average Bonchev–Trinajstić information content (AvgIpc) is 3.09. The van der Waals surface area contributed by atoms with Gasteiger partial charge in [-0.1, -0.05) is 48.9 Å². The largest absolute Gasteiger partial charge is 0.494 e. The van der Waals surface area contributed by atoms with Crippen LogP contribution in [-0.2, 0) is 6.54 Å². The third-order valence-corrected chi connectivity index (χ3v) is 5.69. The fourth-order valence-corrected chi connectivity index (χ4v) is 4.00. The number of carbonyl (C=O) groups is 1. The highest BCUT2D eigenvalue weighted by Gasteiger charge is 2.13. The summed E-state index contributed by atoms with van der Waals surface area (Å²) in [5, 5.41) is 6.04. The molecule has 3 aromatic carbocycles. The van der Waals surface area contributed by atoms with Gasteiger partial charge in [-0.25, -0.2) is 5.43 Å². The second-order valence-electron chi connectivity index (χ2n) is 7.80. The van der Waals surface area contributed by atoms with E-state index >= 15 is 0 Å². The molecule has 0 saturated heterocycles. The zero-order chi connectivity index (χ0) is 23.2. The normalized spacial score (nSPS) is 11.2. The Bertz CT molecular complexity index is 1290. The van der Waals surface area contributed by atoms with Gasteiger partial charge in [0, 0.05) is 39.3 Å². The van der Waals surface area contributed by atoms with E-state index in [1.165, 1.54) is 0 Å². The van der Waals surface area contributed by atoms with Crippen LogP contribution >= 0.6 is 11.6 Å². The number of hydrogen-bond donors (Lipinski definition) is 1. The minimum absolute atomic E-state index is 0.270. The van der Waals surface area contributed by atoms with Gasteiger partial charge >= 0.3 is 0 Å². The lowest BCUT2D eigenvalue weighted by molar-refractivity contribution is 0.0955. The smallest absolute Gasteiger partial charge is 0.271 e. The highest BCUT2D eigenvalue weighted by atomic mass is 35.5. The van der Waals surface area contributed by atoms with Crippen LogP contribution < -0.4 is 10.2 Å². The molecule has 0 aliphatic carbocycles. The van der Waals surface area contributed by atoms with Crippen LogP contribution in [0.4, 0.5) is 0 Å². The zero-order valence-electron chi connectivity index (χ0n) is 18.7. The number of carbonyl (C=O) groups excluding carboxylic acids is 1. The Morgan fingerprint density at radius 2 is 1.88 bits per heavy atom. The number of hydrazone groups is 1. The van der Waals surface area contributed by atoms with Crippen molar-refractivity contribution in [3.8, 4) is 5.75 Å². The Hall–Kier alpha value is -3.57. The van der Waals surface area contributed by atoms with Gasteiger partial charge in [0.25, 0.3) is 5.91 Å². The fourth-order valence-electron chi connectivity index (χ4n) is 3.78. The summed E-state index contributed by atoms with van der Waals surface area (Å²) in [5.74, 6) is 0.480. The van der Waals surface area contributed by atoms with Crippen molar-refractivity contribution >= 4 is 34.6 Å². The van der Waals surface area contributed by atoms with Crippen molar-refractivity contribution in [2.75, 3.05) is 6.61 Å². The highest BCUT2D eigenvalue weighted by molar-refractivity contribution is 6.30. The van der Waals surface area contributed by atoms with Gasteiger partial charge in [-0.05, 0) is 61.4 Å². The van der Waals surface area contributed by atoms with Crippen LogP contribution in [0.15, 0.2) is 77.9 Å². The number of aromatic nitrogens is 1. The molecule has 4 aromatic rings. The van der Waals surface area contributed by atoms with Crippen LogP contribution in [0.25, 0.3) is 10.9 Å². The van der Waals surface area contributed by atoms with Gasteiger partial charge in [-0.15, -0.1) is 0 Å². The molecule has 1 N–H and O–H groups in total. The van der Waals surface area contributed by atoms with Crippen molar-refractivity contribution in [1.29, 1.82) is 0 Å². The third kappa shape index (κ3) is 5.26. The van der Waals surface area contributed by atoms with Crippen LogP contribution in [0, 0.1) is 6.92 Å². The number of para-hydroxylation sites is 1. The molecular weight excluding hydrogens is 434 g/mol. The molecule has 6 heteroatoms. The Labute approximate surface area is 198 Å². The van der Waals surface area contributed by atoms with Crippen molar-refractivity contribution in [2.24, 2.45) is 5.10 Å². The zero-order valence-corrected chi connectivity index (χ0v) is 19.5. The summed E-state index contributed by atoms with van der Waals surface area (Å²) in [7, 11) is 0. The Morgan fingerprint density at radius 3 is 2.64 bits per heavy atom. The standard InChI is InChI=1S/C27H26ClN3O2/c1-3-15-33-23-13-11-21(12-14-23)27(32)30-29-17-25-19(2)31(26-10-5-4-9-24(25)26)18-20-7-6-8-22(28)16-20/h4-14,16-17H,3,15,18H2,1-2H3,(H,30,32)/b29-17-. The van der Waals surface area contributed by atoms with Gasteiger partial charge in [-0.2, -0.15) is 5.10 Å². The monoisotopic (exact) mass is 459 g/mol. The quantitative estimate of drug-likeness (QED) is 0.252. The third-order valence-electron chi connectivity index (χ3n) is 5.46. The summed E-state index contributed by atoms with van der Waals surface area (Å²) in [5.41, 5.74) is 7.41. The first-order valence-corrected chi connectivity index (χ1v) is 11.3. The topological polar surface area (TPSA) is 55.6 Å². The summed E-state index contributed by atoms with van der Waals surface area (Å²) in [6.07, 6.45) is 2.65. The van der Waals surface area contributed by atoms with Gasteiger partial charge in [-0.3, -0.25) is 4.79 Å². The second-order valence-corrected chi connectivity index (χ2v) is 8.24. The average molecular weight is 460 g/mol. The number of hydrogen-bond acceptors (Lipinski definition) is 3. The number of benzene rings is 3. The lowest BCUT2D eigenvalue weighted by Gasteiger charge is -2.09. The first kappa shape index (κ1) is 22.6. The summed E-state index contributed by atoms with van der Waals surface area (Å²) < 4.78 is 7.80. The summed E-state index contributed by atoms with van der Waals surface area (Å²) in [6, 6.07) is 23.1. The van der Waals surface area contributed by atoms with Gasteiger partial charge in [0.05, 0.1) is 12.8 Å². The Balaban J connectivity index is 1.53. The van der Waals surface area contributed by atoms with Crippen LogP contribution in [0.3, 0.4) is 0 Å². The second kappa shape index (κ2) is 10.4. The predicted octanol–water partition coefficient (Wildman–Crippen LogP) is 6.20. The maximum atomic E-state index is 12.5. The first-order chi connectivity index (χ1) is 16.1. The van der Waals surface area contributed by atoms with Crippen LogP contribution in [0.1, 0.15) is 40.5 Å². The van der Waals surface area contributed by atoms with Gasteiger partial charge in [0.15, 0.2) is 0 Å². The van der Waals surface area contributed by atoms with E-state index in [2.05, 4.69) is 47.1 Å². The lowest BCUT2D eigenvalue weighted by Crippen LogP contribution is -2.17. The van der Waals surface area contributed by atoms with Crippen molar-refractivity contribution in [3.05, 3.63) is 100 Å². The molecule has 1 aromatic heterocycles. The van der Waals surface area contributed by atoms with E-state index < -0.39 is 0 Å². The van der Waals surface area contributed by atoms with E-state index in [-0.39, 0.29) is 5.91 Å². The van der Waals surface area contributed by atoms with Gasteiger partial charge < -0.3 is 9.30 Å². The molecule has 4 rings (SSSR count). The molecule has 0 radical (unpaired) electrons. The lowest BCUT2D eigenvalue weighted by atomic mass is 10.1. The molecule has 0 fully saturated rings. The predicted molar refractivity (Wildman–Crippen MR) is 135 cm³/mol. The molecule has 5 nitrogen and oxygen atoms in total. The maximum absolute atomic E-state index is 12.5. The number of rotatable bonds is 8. The van der Waals surface area contributed by atoms with Crippen molar-refractivity contribution < 1.29 is 9.53 Å². The molecule has 0 atom stereocenters. The molecule has 0 bridgehead atoms. The Kier molecular flexibility index (Phi) is 7.10. The summed E-state index contributed by atoms with van der Waals surface area (Å²) in [4.78, 5) is 12.5. The molecule has 168 valence electrons. The number of fused-ring (bicyclic) bond motifs is 1. The molecule has 0 unspecified atom stereocenters. The van der Waals surface area contributed by atoms with Crippen LogP contribution in [-0.4, -0.2) is 23.3 Å². The number of nitrogens with one attached hydrogen (secondary N) is 1. The fraction of sp³-hybridized carbons (Fsp3) is 0.185. The van der Waals surface area contributed by atoms with Crippen LogP contribution in [0.5, 0.6) is 5.75 Å². The number of ether oxygens (including phenoxy) is 1. The molecule has 0 aliphatic heterocycles. The van der Waals surface area contributed by atoms with E-state index in [1.54, 1.807) is 30.5 Å². The number of nitrogens with zero attached hydrogens (tertiary/aromatic N) is 2. The first-order valence-electron chi connectivity index (χ1n) is 11.0. The molecule has 1 amide bonds. The van der Waals surface area contributed by atoms with E-state index in [1.807, 2.05) is 30.3 Å². The van der Waals surface area contributed by atoms with Crippen molar-refractivity contribution in [1.82, 2.24) is 9.99 Å². The Morgan fingerprint density at radius 1 is 1.09 bits per heavy atom. The number of amides is 1. The minimum Gasteiger partial charge on any atom is -0.494 e. The van der Waals surface area contributed by atoms with E-state index in [0.29, 0.717) is 18.7 Å². The minimum atomic E-state index is -0.270. The van der Waals surface area contributed by atoms with Crippen LogP contribution in [0.2, 0.25) is 5.02 Å². The molecule has 0 saturated carbocycles. The molecule has 0 aliphatic rings.